The molecule has 1 aliphatic carbocycles. The Balaban J connectivity index is 1.51. The molecule has 0 spiro atoms. The molecule has 0 atom stereocenters. The molecule has 1 aliphatic heterocycles. The van der Waals surface area contributed by atoms with E-state index in [-0.39, 0.29) is 28.5 Å². The number of Topliss-reactive ketones (excluding diaryl/α,β-unsaturated/α-hetero) is 1. The number of aliphatic hydroxyl groups excluding tert-OH is 1. The van der Waals surface area contributed by atoms with E-state index in [1.807, 2.05) is 18.3 Å². The maximum absolute atomic E-state index is 12.9. The van der Waals surface area contributed by atoms with Crippen molar-refractivity contribution in [3.05, 3.63) is 53.2 Å². The molecule has 0 saturated heterocycles. The Morgan fingerprint density at radius 2 is 1.14 bits per heavy atom. The van der Waals surface area contributed by atoms with Crippen LogP contribution in [-0.4, -0.2) is 41.0 Å². The molecule has 2 heterocycles. The van der Waals surface area contributed by atoms with E-state index in [1.54, 1.807) is 0 Å². The fourth-order valence-electron chi connectivity index (χ4n) is 6.08. The van der Waals surface area contributed by atoms with Crippen LogP contribution in [0.3, 0.4) is 0 Å². The Morgan fingerprint density at radius 3 is 1.55 bits per heavy atom. The third-order valence-electron chi connectivity index (χ3n) is 8.85. The van der Waals surface area contributed by atoms with Gasteiger partial charge in [-0.15, -0.1) is 0 Å². The molecule has 1 aromatic rings. The monoisotopic (exact) mass is 603 g/mol. The topological polar surface area (TPSA) is 82.9 Å². The van der Waals surface area contributed by atoms with E-state index in [9.17, 15) is 14.7 Å². The number of ketones is 2. The Hall–Kier alpha value is -3.02. The first-order chi connectivity index (χ1) is 21.6. The fourth-order valence-corrected chi connectivity index (χ4v) is 6.08. The average molecular weight is 604 g/mol. The normalized spacial score (nSPS) is 16.2. The van der Waals surface area contributed by atoms with Crippen LogP contribution in [-0.2, 0) is 9.59 Å². The van der Waals surface area contributed by atoms with Crippen molar-refractivity contribution in [3.8, 4) is 0 Å². The molecule has 0 unspecified atom stereocenters. The number of carbonyl (C=O) groups is 2. The summed E-state index contributed by atoms with van der Waals surface area (Å²) in [5.74, 6) is -0.627. The van der Waals surface area contributed by atoms with Gasteiger partial charge in [0.15, 0.2) is 5.78 Å². The molecule has 0 bridgehead atoms. The maximum Gasteiger partial charge on any atom is 0.204 e. The predicted octanol–water partition coefficient (Wildman–Crippen LogP) is 10.0. The number of aromatic nitrogens is 1. The van der Waals surface area contributed by atoms with E-state index in [0.717, 1.165) is 25.0 Å². The molecule has 0 aromatic carbocycles. The van der Waals surface area contributed by atoms with Gasteiger partial charge in [-0.05, 0) is 37.1 Å². The van der Waals surface area contributed by atoms with Crippen molar-refractivity contribution in [2.45, 2.75) is 142 Å². The molecule has 6 nitrogen and oxygen atoms in total. The summed E-state index contributed by atoms with van der Waals surface area (Å²) in [4.78, 5) is 35.3. The van der Waals surface area contributed by atoms with Gasteiger partial charge in [-0.1, -0.05) is 129 Å². The summed E-state index contributed by atoms with van der Waals surface area (Å²) in [7, 11) is 0. The number of rotatable bonds is 24. The van der Waals surface area contributed by atoms with E-state index < -0.39 is 0 Å². The van der Waals surface area contributed by atoms with Crippen molar-refractivity contribution < 1.29 is 14.7 Å². The second-order valence-corrected chi connectivity index (χ2v) is 12.6. The lowest BCUT2D eigenvalue weighted by atomic mass is 9.84. The fraction of sp³-hybridized carbons (Fsp3) is 0.632. The van der Waals surface area contributed by atoms with Crippen LogP contribution in [0.5, 0.6) is 0 Å². The number of nitrogens with zero attached hydrogens (tertiary/aromatic N) is 3. The SMILES string of the molecule is CCCCCCCCCCCCN(CCCCCCCCCCCC)c1ccc(C2=C(O)/C(=C3\C=CC(=O)C=N3)C2=O)nc1. The summed E-state index contributed by atoms with van der Waals surface area (Å²) < 4.78 is 0. The molecule has 2 aliphatic rings. The van der Waals surface area contributed by atoms with E-state index in [0.29, 0.717) is 11.4 Å². The quantitative estimate of drug-likeness (QED) is 0.0939. The zero-order valence-electron chi connectivity index (χ0n) is 27.6. The zero-order chi connectivity index (χ0) is 31.4. The highest BCUT2D eigenvalue weighted by molar-refractivity contribution is 6.39. The number of anilines is 1. The lowest BCUT2D eigenvalue weighted by Crippen LogP contribution is -2.26. The number of pyridine rings is 1. The molecule has 0 fully saturated rings. The third-order valence-corrected chi connectivity index (χ3v) is 8.85. The van der Waals surface area contributed by atoms with Crippen LogP contribution in [0.4, 0.5) is 5.69 Å². The van der Waals surface area contributed by atoms with E-state index in [1.165, 1.54) is 141 Å². The minimum absolute atomic E-state index is 0.103. The Kier molecular flexibility index (Phi) is 16.8. The van der Waals surface area contributed by atoms with Gasteiger partial charge in [-0.25, -0.2) is 0 Å². The van der Waals surface area contributed by atoms with Crippen LogP contribution in [0, 0.1) is 0 Å². The minimum atomic E-state index is -0.290. The van der Waals surface area contributed by atoms with Crippen molar-refractivity contribution in [1.29, 1.82) is 0 Å². The largest absolute Gasteiger partial charge is 0.506 e. The van der Waals surface area contributed by atoms with Crippen molar-refractivity contribution in [2.24, 2.45) is 4.99 Å². The first-order valence-electron chi connectivity index (χ1n) is 17.8. The summed E-state index contributed by atoms with van der Waals surface area (Å²) in [5, 5.41) is 10.7. The van der Waals surface area contributed by atoms with Crippen LogP contribution in [0.1, 0.15) is 148 Å². The number of unbranched alkanes of at least 4 members (excludes halogenated alkanes) is 18. The van der Waals surface area contributed by atoms with Gasteiger partial charge in [0.05, 0.1) is 40.6 Å². The van der Waals surface area contributed by atoms with Gasteiger partial charge in [0.25, 0.3) is 0 Å². The number of aliphatic imine (C=N–C) groups is 1. The van der Waals surface area contributed by atoms with Crippen molar-refractivity contribution >= 4 is 29.0 Å². The van der Waals surface area contributed by atoms with Gasteiger partial charge in [0.1, 0.15) is 5.76 Å². The van der Waals surface area contributed by atoms with Crippen LogP contribution in [0.25, 0.3) is 5.57 Å². The summed E-state index contributed by atoms with van der Waals surface area (Å²) >= 11 is 0. The molecule has 1 aromatic heterocycles. The van der Waals surface area contributed by atoms with Crippen LogP contribution in [0.15, 0.2) is 52.5 Å². The Bertz CT molecular complexity index is 1100. The third kappa shape index (κ3) is 11.8. The summed E-state index contributed by atoms with van der Waals surface area (Å²) in [6.07, 6.45) is 32.3. The highest BCUT2D eigenvalue weighted by Crippen LogP contribution is 2.38. The van der Waals surface area contributed by atoms with Gasteiger partial charge in [0.2, 0.25) is 5.78 Å². The first kappa shape index (κ1) is 35.5. The molecular weight excluding hydrogens is 546 g/mol. The highest BCUT2D eigenvalue weighted by Gasteiger charge is 2.38. The lowest BCUT2D eigenvalue weighted by Gasteiger charge is -2.26. The summed E-state index contributed by atoms with van der Waals surface area (Å²) in [6, 6.07) is 3.87. The average Bonchev–Trinajstić information content (AvgIpc) is 3.03. The number of hydrogen-bond acceptors (Lipinski definition) is 6. The van der Waals surface area contributed by atoms with Gasteiger partial charge < -0.3 is 10.0 Å². The Morgan fingerprint density at radius 1 is 0.636 bits per heavy atom. The van der Waals surface area contributed by atoms with Crippen LogP contribution in [0.2, 0.25) is 0 Å². The molecular formula is C38H57N3O3. The standard InChI is InChI=1S/C38H57N3O3/c1-3-5-7-9-11-13-15-17-19-21-27-41(28-22-20-18-16-14-12-10-8-6-4-2)31-23-25-33(39-29-31)35-37(43)36(38(35)44)34-26-24-32(42)30-40-34/h23-26,29-30,43H,3-22,27-28H2,1-2H3/b36-34-. The van der Waals surface area contributed by atoms with E-state index in [2.05, 4.69) is 28.7 Å². The molecule has 44 heavy (non-hydrogen) atoms. The second kappa shape index (κ2) is 20.8. The first-order valence-corrected chi connectivity index (χ1v) is 17.8. The predicted molar refractivity (Wildman–Crippen MR) is 184 cm³/mol. The van der Waals surface area contributed by atoms with E-state index in [4.69, 9.17) is 0 Å². The van der Waals surface area contributed by atoms with Gasteiger partial charge >= 0.3 is 0 Å². The number of dihydropyridines is 1. The van der Waals surface area contributed by atoms with Gasteiger partial charge in [-0.2, -0.15) is 0 Å². The van der Waals surface area contributed by atoms with Gasteiger partial charge in [0, 0.05) is 13.1 Å². The number of aliphatic hydroxyl groups is 1. The van der Waals surface area contributed by atoms with Crippen molar-refractivity contribution in [1.82, 2.24) is 4.98 Å². The molecule has 0 saturated carbocycles. The second-order valence-electron chi connectivity index (χ2n) is 12.6. The van der Waals surface area contributed by atoms with Crippen molar-refractivity contribution in [3.63, 3.8) is 0 Å². The summed E-state index contributed by atoms with van der Waals surface area (Å²) in [6.45, 7) is 6.57. The molecule has 0 amide bonds. The zero-order valence-corrected chi connectivity index (χ0v) is 27.6. The smallest absolute Gasteiger partial charge is 0.204 e. The maximum atomic E-state index is 12.9. The van der Waals surface area contributed by atoms with Crippen molar-refractivity contribution in [2.75, 3.05) is 18.0 Å². The number of allylic oxidation sites excluding steroid dienone is 4. The molecule has 3 rings (SSSR count). The molecule has 1 N–H and O–H groups in total. The molecule has 242 valence electrons. The van der Waals surface area contributed by atoms with Gasteiger partial charge in [-0.3, -0.25) is 19.6 Å². The Labute approximate surface area is 266 Å². The molecule has 0 radical (unpaired) electrons. The van der Waals surface area contributed by atoms with Crippen LogP contribution >= 0.6 is 0 Å². The number of hydrogen-bond donors (Lipinski definition) is 1. The highest BCUT2D eigenvalue weighted by atomic mass is 16.3. The minimum Gasteiger partial charge on any atom is -0.506 e. The summed E-state index contributed by atoms with van der Waals surface area (Å²) in [5.41, 5.74) is 2.22. The number of carbonyl (C=O) groups excluding carboxylic acids is 2. The molecule has 6 heteroatoms. The lowest BCUT2D eigenvalue weighted by molar-refractivity contribution is -0.112. The van der Waals surface area contributed by atoms with E-state index >= 15 is 0 Å². The van der Waals surface area contributed by atoms with Crippen LogP contribution < -0.4 is 4.90 Å².